The largest absolute Gasteiger partial charge is 0.300 e. The maximum Gasteiger partial charge on any atom is 0.180 e. The summed E-state index contributed by atoms with van der Waals surface area (Å²) in [6.07, 6.45) is -1.18. The molecule has 0 saturated carbocycles. The van der Waals surface area contributed by atoms with Gasteiger partial charge in [-0.2, -0.15) is 0 Å². The molecular formula is C9H9FO. The van der Waals surface area contributed by atoms with Gasteiger partial charge < -0.3 is 0 Å². The van der Waals surface area contributed by atoms with Gasteiger partial charge in [-0.05, 0) is 12.5 Å². The number of benzene rings is 1. The minimum Gasteiger partial charge on any atom is -0.300 e. The van der Waals surface area contributed by atoms with Crippen LogP contribution < -0.4 is 0 Å². The maximum atomic E-state index is 12.7. The van der Waals surface area contributed by atoms with E-state index < -0.39 is 6.17 Å². The van der Waals surface area contributed by atoms with Gasteiger partial charge in [-0.15, -0.1) is 0 Å². The predicted molar refractivity (Wildman–Crippen MR) is 41.1 cm³/mol. The molecule has 0 N–H and O–H groups in total. The van der Waals surface area contributed by atoms with Crippen LogP contribution in [0.15, 0.2) is 24.3 Å². The Kier molecular flexibility index (Phi) is 2.36. The topological polar surface area (TPSA) is 17.1 Å². The highest BCUT2D eigenvalue weighted by atomic mass is 19.1. The quantitative estimate of drug-likeness (QED) is 0.594. The number of carbonyl (C=O) groups excluding carboxylic acids is 1. The molecule has 1 unspecified atom stereocenters. The molecule has 0 bridgehead atoms. The summed E-state index contributed by atoms with van der Waals surface area (Å²) in [6, 6.07) is 6.87. The Balaban J connectivity index is 2.95. The molecule has 2 heteroatoms. The van der Waals surface area contributed by atoms with Gasteiger partial charge in [-0.3, -0.25) is 4.79 Å². The van der Waals surface area contributed by atoms with Crippen LogP contribution in [0.25, 0.3) is 0 Å². The summed E-state index contributed by atoms with van der Waals surface area (Å²) in [5, 5.41) is 0. The number of carbonyl (C=O) groups is 1. The fourth-order valence-electron chi connectivity index (χ4n) is 0.920. The van der Waals surface area contributed by atoms with Crippen LogP contribution in [-0.4, -0.2) is 6.29 Å². The second-order valence-electron chi connectivity index (χ2n) is 2.45. The van der Waals surface area contributed by atoms with E-state index in [1.165, 1.54) is 0 Å². The zero-order valence-corrected chi connectivity index (χ0v) is 6.25. The van der Waals surface area contributed by atoms with Crippen molar-refractivity contribution in [3.05, 3.63) is 35.4 Å². The van der Waals surface area contributed by atoms with Crippen LogP contribution in [0.3, 0.4) is 0 Å². The number of rotatable bonds is 2. The predicted octanol–water partition coefficient (Wildman–Crippen LogP) is 2.20. The van der Waals surface area contributed by atoms with E-state index in [0.29, 0.717) is 11.8 Å². The molecule has 11 heavy (non-hydrogen) atoms. The lowest BCUT2D eigenvalue weighted by molar-refractivity contribution is -0.112. The number of hydrogen-bond acceptors (Lipinski definition) is 1. The van der Waals surface area contributed by atoms with Crippen LogP contribution in [-0.2, 0) is 4.79 Å². The zero-order valence-electron chi connectivity index (χ0n) is 6.25. The minimum atomic E-state index is -1.48. The van der Waals surface area contributed by atoms with Crippen LogP contribution in [0.1, 0.15) is 17.3 Å². The lowest BCUT2D eigenvalue weighted by Gasteiger charge is -2.00. The first kappa shape index (κ1) is 7.92. The smallest absolute Gasteiger partial charge is 0.180 e. The summed E-state index contributed by atoms with van der Waals surface area (Å²) < 4.78 is 12.7. The van der Waals surface area contributed by atoms with Crippen molar-refractivity contribution in [2.75, 3.05) is 0 Å². The maximum absolute atomic E-state index is 12.7. The number of aryl methyl sites for hydroxylation is 1. The Hall–Kier alpha value is -1.18. The molecule has 1 rings (SSSR count). The first-order chi connectivity index (χ1) is 5.24. The van der Waals surface area contributed by atoms with Crippen LogP contribution in [0, 0.1) is 6.92 Å². The van der Waals surface area contributed by atoms with Gasteiger partial charge in [-0.25, -0.2) is 4.39 Å². The fourth-order valence-corrected chi connectivity index (χ4v) is 0.920. The molecule has 0 saturated heterocycles. The van der Waals surface area contributed by atoms with Crippen LogP contribution in [0.4, 0.5) is 4.39 Å². The van der Waals surface area contributed by atoms with Gasteiger partial charge in [0.25, 0.3) is 0 Å². The lowest BCUT2D eigenvalue weighted by atomic mass is 10.1. The van der Waals surface area contributed by atoms with Gasteiger partial charge in [0.2, 0.25) is 0 Å². The van der Waals surface area contributed by atoms with Crippen LogP contribution in [0.2, 0.25) is 0 Å². The van der Waals surface area contributed by atoms with Gasteiger partial charge in [0.15, 0.2) is 12.5 Å². The van der Waals surface area contributed by atoms with Gasteiger partial charge in [-0.1, -0.05) is 29.8 Å². The Labute approximate surface area is 64.9 Å². The lowest BCUT2D eigenvalue weighted by Crippen LogP contribution is -1.91. The highest BCUT2D eigenvalue weighted by Gasteiger charge is 2.06. The summed E-state index contributed by atoms with van der Waals surface area (Å²) in [4.78, 5) is 10.0. The molecule has 1 nitrogen and oxygen atoms in total. The molecular weight excluding hydrogens is 143 g/mol. The monoisotopic (exact) mass is 152 g/mol. The third-order valence-electron chi connectivity index (χ3n) is 1.48. The minimum absolute atomic E-state index is 0.300. The Bertz CT molecular complexity index is 257. The van der Waals surface area contributed by atoms with Crippen molar-refractivity contribution in [3.8, 4) is 0 Å². The van der Waals surface area contributed by atoms with E-state index in [0.717, 1.165) is 5.56 Å². The Morgan fingerprint density at radius 2 is 2.27 bits per heavy atom. The second kappa shape index (κ2) is 3.28. The molecule has 0 spiro atoms. The molecule has 0 aliphatic carbocycles. The molecule has 0 heterocycles. The van der Waals surface area contributed by atoms with Crippen molar-refractivity contribution in [1.82, 2.24) is 0 Å². The fraction of sp³-hybridized carbons (Fsp3) is 0.222. The van der Waals surface area contributed by atoms with Gasteiger partial charge in [0.05, 0.1) is 0 Å². The summed E-state index contributed by atoms with van der Waals surface area (Å²) in [5.41, 5.74) is 1.40. The van der Waals surface area contributed by atoms with E-state index in [2.05, 4.69) is 0 Å². The van der Waals surface area contributed by atoms with Crippen LogP contribution >= 0.6 is 0 Å². The number of alkyl halides is 1. The van der Waals surface area contributed by atoms with E-state index in [1.807, 2.05) is 13.0 Å². The van der Waals surface area contributed by atoms with Crippen molar-refractivity contribution < 1.29 is 9.18 Å². The second-order valence-corrected chi connectivity index (χ2v) is 2.45. The van der Waals surface area contributed by atoms with Crippen LogP contribution in [0.5, 0.6) is 0 Å². The highest BCUT2D eigenvalue weighted by molar-refractivity contribution is 5.59. The molecule has 0 aliphatic heterocycles. The molecule has 1 atom stereocenters. The Morgan fingerprint density at radius 1 is 1.55 bits per heavy atom. The zero-order chi connectivity index (χ0) is 8.27. The molecule has 0 aliphatic rings. The van der Waals surface area contributed by atoms with Crippen molar-refractivity contribution in [2.45, 2.75) is 13.1 Å². The molecule has 58 valence electrons. The average molecular weight is 152 g/mol. The summed E-state index contributed by atoms with van der Waals surface area (Å²) in [7, 11) is 0. The molecule has 1 aromatic carbocycles. The number of aldehydes is 1. The van der Waals surface area contributed by atoms with Gasteiger partial charge >= 0.3 is 0 Å². The summed E-state index contributed by atoms with van der Waals surface area (Å²) in [5.74, 6) is 0. The normalized spacial score (nSPS) is 12.5. The van der Waals surface area contributed by atoms with Gasteiger partial charge in [0, 0.05) is 0 Å². The molecule has 0 amide bonds. The molecule has 0 radical (unpaired) electrons. The third kappa shape index (κ3) is 1.87. The summed E-state index contributed by atoms with van der Waals surface area (Å²) in [6.45, 7) is 1.86. The van der Waals surface area contributed by atoms with E-state index >= 15 is 0 Å². The first-order valence-corrected chi connectivity index (χ1v) is 3.40. The molecule has 1 aromatic rings. The van der Waals surface area contributed by atoms with E-state index in [9.17, 15) is 9.18 Å². The summed E-state index contributed by atoms with van der Waals surface area (Å²) >= 11 is 0. The standard InChI is InChI=1S/C9H9FO/c1-7-3-2-4-8(5-7)9(10)6-11/h2-6,9H,1H3. The van der Waals surface area contributed by atoms with Crippen molar-refractivity contribution >= 4 is 6.29 Å². The van der Waals surface area contributed by atoms with E-state index in [1.54, 1.807) is 18.2 Å². The van der Waals surface area contributed by atoms with E-state index in [-0.39, 0.29) is 0 Å². The number of halogens is 1. The average Bonchev–Trinajstić information content (AvgIpc) is 2.03. The SMILES string of the molecule is Cc1cccc(C(F)C=O)c1. The van der Waals surface area contributed by atoms with Crippen molar-refractivity contribution in [2.24, 2.45) is 0 Å². The highest BCUT2D eigenvalue weighted by Crippen LogP contribution is 2.15. The van der Waals surface area contributed by atoms with Gasteiger partial charge in [0.1, 0.15) is 0 Å². The van der Waals surface area contributed by atoms with E-state index in [4.69, 9.17) is 0 Å². The number of hydrogen-bond donors (Lipinski definition) is 0. The first-order valence-electron chi connectivity index (χ1n) is 3.40. The third-order valence-corrected chi connectivity index (χ3v) is 1.48. The molecule has 0 aromatic heterocycles. The Morgan fingerprint density at radius 3 is 2.82 bits per heavy atom. The van der Waals surface area contributed by atoms with Crippen molar-refractivity contribution in [3.63, 3.8) is 0 Å². The molecule has 0 fully saturated rings. The van der Waals surface area contributed by atoms with Crippen molar-refractivity contribution in [1.29, 1.82) is 0 Å².